The topological polar surface area (TPSA) is 70.7 Å². The zero-order valence-electron chi connectivity index (χ0n) is 16.1. The lowest BCUT2D eigenvalue weighted by Crippen LogP contribution is -2.47. The van der Waals surface area contributed by atoms with Crippen molar-refractivity contribution < 1.29 is 14.3 Å². The van der Waals surface area contributed by atoms with E-state index in [0.29, 0.717) is 19.7 Å². The van der Waals surface area contributed by atoms with Crippen LogP contribution in [0.4, 0.5) is 15.3 Å². The maximum Gasteiger partial charge on any atom is 0.409 e. The summed E-state index contributed by atoms with van der Waals surface area (Å²) in [6.45, 7) is 7.60. The summed E-state index contributed by atoms with van der Waals surface area (Å²) in [6, 6.07) is 6.08. The molecule has 6 nitrogen and oxygen atoms in total. The third kappa shape index (κ3) is 5.93. The van der Waals surface area contributed by atoms with Gasteiger partial charge in [0.2, 0.25) is 0 Å². The summed E-state index contributed by atoms with van der Waals surface area (Å²) in [4.78, 5) is 25.7. The van der Waals surface area contributed by atoms with Crippen LogP contribution in [0, 0.1) is 6.92 Å². The number of hydrogen-bond acceptors (Lipinski definition) is 3. The molecule has 1 heterocycles. The molecule has 6 heteroatoms. The van der Waals surface area contributed by atoms with Gasteiger partial charge in [-0.25, -0.2) is 9.59 Å². The van der Waals surface area contributed by atoms with Crippen molar-refractivity contribution in [1.29, 1.82) is 0 Å². The predicted molar refractivity (Wildman–Crippen MR) is 104 cm³/mol. The van der Waals surface area contributed by atoms with E-state index >= 15 is 0 Å². The Balaban J connectivity index is 1.79. The molecular formula is C20H31N3O3. The molecule has 1 aliphatic rings. The number of nitrogens with one attached hydrogen (secondary N) is 2. The Morgan fingerprint density at radius 1 is 1.23 bits per heavy atom. The molecule has 0 saturated carbocycles. The minimum atomic E-state index is -0.269. The largest absolute Gasteiger partial charge is 0.450 e. The molecule has 0 bridgehead atoms. The smallest absolute Gasteiger partial charge is 0.409 e. The van der Waals surface area contributed by atoms with Crippen LogP contribution in [0.15, 0.2) is 18.2 Å². The van der Waals surface area contributed by atoms with Crippen molar-refractivity contribution in [1.82, 2.24) is 10.2 Å². The number of ether oxygens (including phenoxy) is 1. The molecule has 0 aromatic heterocycles. The zero-order chi connectivity index (χ0) is 18.9. The Bertz CT molecular complexity index is 610. The van der Waals surface area contributed by atoms with Crippen LogP contribution in [0.3, 0.4) is 0 Å². The number of rotatable bonds is 6. The molecule has 0 unspecified atom stereocenters. The van der Waals surface area contributed by atoms with Crippen LogP contribution in [-0.2, 0) is 11.2 Å². The summed E-state index contributed by atoms with van der Waals surface area (Å²) < 4.78 is 5.01. The van der Waals surface area contributed by atoms with E-state index in [-0.39, 0.29) is 18.2 Å². The number of unbranched alkanes of at least 4 members (excludes halogenated alkanes) is 1. The second kappa shape index (κ2) is 10.0. The van der Waals surface area contributed by atoms with Crippen molar-refractivity contribution in [2.24, 2.45) is 0 Å². The van der Waals surface area contributed by atoms with Crippen molar-refractivity contribution in [3.05, 3.63) is 29.3 Å². The van der Waals surface area contributed by atoms with E-state index in [2.05, 4.69) is 29.7 Å². The third-order valence-corrected chi connectivity index (χ3v) is 4.71. The van der Waals surface area contributed by atoms with Crippen LogP contribution in [-0.4, -0.2) is 42.8 Å². The number of carbonyl (C=O) groups is 2. The van der Waals surface area contributed by atoms with Crippen molar-refractivity contribution in [2.75, 3.05) is 25.0 Å². The molecule has 1 aromatic carbocycles. The molecular weight excluding hydrogens is 330 g/mol. The second-order valence-electron chi connectivity index (χ2n) is 6.81. The maximum absolute atomic E-state index is 12.3. The van der Waals surface area contributed by atoms with E-state index in [0.717, 1.165) is 30.5 Å². The fraction of sp³-hybridized carbons (Fsp3) is 0.600. The van der Waals surface area contributed by atoms with E-state index in [1.165, 1.54) is 18.4 Å². The first-order valence-electron chi connectivity index (χ1n) is 9.62. The number of anilines is 1. The molecule has 144 valence electrons. The van der Waals surface area contributed by atoms with E-state index in [1.807, 2.05) is 13.0 Å². The van der Waals surface area contributed by atoms with Crippen molar-refractivity contribution in [2.45, 2.75) is 58.9 Å². The average Bonchev–Trinajstić information content (AvgIpc) is 2.63. The molecule has 1 saturated heterocycles. The maximum atomic E-state index is 12.3. The van der Waals surface area contributed by atoms with Crippen LogP contribution in [0.25, 0.3) is 0 Å². The number of carbonyl (C=O) groups excluding carboxylic acids is 2. The number of hydrogen-bond donors (Lipinski definition) is 2. The van der Waals surface area contributed by atoms with Gasteiger partial charge in [-0.05, 0) is 56.7 Å². The van der Waals surface area contributed by atoms with Gasteiger partial charge in [-0.15, -0.1) is 0 Å². The van der Waals surface area contributed by atoms with Crippen LogP contribution in [0.1, 0.15) is 50.7 Å². The summed E-state index contributed by atoms with van der Waals surface area (Å²) in [5.74, 6) is 0. The molecule has 3 amide bonds. The van der Waals surface area contributed by atoms with Gasteiger partial charge in [-0.3, -0.25) is 0 Å². The number of urea groups is 1. The summed E-state index contributed by atoms with van der Waals surface area (Å²) >= 11 is 0. The fourth-order valence-electron chi connectivity index (χ4n) is 3.17. The highest BCUT2D eigenvalue weighted by Crippen LogP contribution is 2.18. The first-order valence-corrected chi connectivity index (χ1v) is 9.62. The van der Waals surface area contributed by atoms with Gasteiger partial charge in [0.25, 0.3) is 0 Å². The molecule has 2 N–H and O–H groups in total. The molecule has 2 rings (SSSR count). The van der Waals surface area contributed by atoms with Gasteiger partial charge in [0.15, 0.2) is 0 Å². The van der Waals surface area contributed by atoms with Gasteiger partial charge < -0.3 is 20.3 Å². The summed E-state index contributed by atoms with van der Waals surface area (Å²) in [6.07, 6.45) is 4.63. The van der Waals surface area contributed by atoms with E-state index in [4.69, 9.17) is 4.74 Å². The Hall–Kier alpha value is -2.24. The quantitative estimate of drug-likeness (QED) is 0.802. The number of benzene rings is 1. The minimum Gasteiger partial charge on any atom is -0.450 e. The van der Waals surface area contributed by atoms with E-state index < -0.39 is 0 Å². The molecule has 0 aliphatic carbocycles. The van der Waals surface area contributed by atoms with Gasteiger partial charge in [-0.1, -0.05) is 25.5 Å². The van der Waals surface area contributed by atoms with Gasteiger partial charge >= 0.3 is 12.1 Å². The standard InChI is InChI=1S/C20H31N3O3/c1-4-6-7-16-8-9-18(15(3)14-16)22-19(24)21-17-10-12-23(13-11-17)20(25)26-5-2/h8-9,14,17H,4-7,10-13H2,1-3H3,(H2,21,22,24). The first kappa shape index (κ1) is 20.1. The molecule has 1 aromatic rings. The van der Waals surface area contributed by atoms with Gasteiger partial charge in [0, 0.05) is 24.8 Å². The number of likely N-dealkylation sites (tertiary alicyclic amines) is 1. The predicted octanol–water partition coefficient (Wildman–Crippen LogP) is 4.08. The van der Waals surface area contributed by atoms with E-state index in [9.17, 15) is 9.59 Å². The number of amides is 3. The van der Waals surface area contributed by atoms with Crippen LogP contribution >= 0.6 is 0 Å². The molecule has 26 heavy (non-hydrogen) atoms. The van der Waals surface area contributed by atoms with Gasteiger partial charge in [-0.2, -0.15) is 0 Å². The van der Waals surface area contributed by atoms with Crippen molar-refractivity contribution in [3.8, 4) is 0 Å². The number of aryl methyl sites for hydroxylation is 2. The summed E-state index contributed by atoms with van der Waals surface area (Å²) in [5, 5.41) is 5.95. The van der Waals surface area contributed by atoms with Crippen LogP contribution in [0.2, 0.25) is 0 Å². The number of piperidine rings is 1. The lowest BCUT2D eigenvalue weighted by molar-refractivity contribution is 0.0959. The highest BCUT2D eigenvalue weighted by Gasteiger charge is 2.24. The average molecular weight is 361 g/mol. The normalized spacial score (nSPS) is 14.8. The zero-order valence-corrected chi connectivity index (χ0v) is 16.1. The molecule has 1 aliphatic heterocycles. The second-order valence-corrected chi connectivity index (χ2v) is 6.81. The van der Waals surface area contributed by atoms with E-state index in [1.54, 1.807) is 11.8 Å². The molecule has 0 atom stereocenters. The Labute approximate surface area is 156 Å². The Morgan fingerprint density at radius 3 is 2.58 bits per heavy atom. The lowest BCUT2D eigenvalue weighted by atomic mass is 10.0. The SMILES string of the molecule is CCCCc1ccc(NC(=O)NC2CCN(C(=O)OCC)CC2)c(C)c1. The fourth-order valence-corrected chi connectivity index (χ4v) is 3.17. The number of nitrogens with zero attached hydrogens (tertiary/aromatic N) is 1. The highest BCUT2D eigenvalue weighted by atomic mass is 16.6. The summed E-state index contributed by atoms with van der Waals surface area (Å²) in [7, 11) is 0. The van der Waals surface area contributed by atoms with Crippen LogP contribution in [0.5, 0.6) is 0 Å². The first-order chi connectivity index (χ1) is 12.5. The van der Waals surface area contributed by atoms with Crippen LogP contribution < -0.4 is 10.6 Å². The van der Waals surface area contributed by atoms with Gasteiger partial charge in [0.1, 0.15) is 0 Å². The lowest BCUT2D eigenvalue weighted by Gasteiger charge is -2.31. The summed E-state index contributed by atoms with van der Waals surface area (Å²) in [5.41, 5.74) is 3.22. The molecule has 1 fully saturated rings. The highest BCUT2D eigenvalue weighted by molar-refractivity contribution is 5.90. The third-order valence-electron chi connectivity index (χ3n) is 4.71. The Morgan fingerprint density at radius 2 is 1.96 bits per heavy atom. The van der Waals surface area contributed by atoms with Crippen molar-refractivity contribution >= 4 is 17.8 Å². The molecule has 0 spiro atoms. The van der Waals surface area contributed by atoms with Gasteiger partial charge in [0.05, 0.1) is 6.61 Å². The minimum absolute atomic E-state index is 0.0739. The molecule has 0 radical (unpaired) electrons. The monoisotopic (exact) mass is 361 g/mol. The Kier molecular flexibility index (Phi) is 7.75. The van der Waals surface area contributed by atoms with Crippen molar-refractivity contribution in [3.63, 3.8) is 0 Å².